The molecule has 2 rings (SSSR count). The third-order valence-electron chi connectivity index (χ3n) is 2.22. The molecule has 14 heavy (non-hydrogen) atoms. The number of likely N-dealkylation sites (N-methyl/N-ethyl adjacent to an activating group) is 1. The van der Waals surface area contributed by atoms with Crippen LogP contribution in [0.4, 0.5) is 5.82 Å². The highest BCUT2D eigenvalue weighted by atomic mass is 32.2. The Kier molecular flexibility index (Phi) is 2.41. The van der Waals surface area contributed by atoms with Crippen molar-refractivity contribution >= 4 is 23.5 Å². The topological polar surface area (TPSA) is 46.1 Å². The second-order valence-corrected chi connectivity index (χ2v) is 3.79. The second kappa shape index (κ2) is 3.57. The summed E-state index contributed by atoms with van der Waals surface area (Å²) in [5, 5.41) is 0.719. The Morgan fingerprint density at radius 3 is 3.07 bits per heavy atom. The lowest BCUT2D eigenvalue weighted by molar-refractivity contribution is -0.117. The van der Waals surface area contributed by atoms with E-state index in [-0.39, 0.29) is 5.91 Å². The van der Waals surface area contributed by atoms with Crippen molar-refractivity contribution in [2.75, 3.05) is 17.7 Å². The van der Waals surface area contributed by atoms with E-state index >= 15 is 0 Å². The molecule has 0 unspecified atom stereocenters. The highest BCUT2D eigenvalue weighted by molar-refractivity contribution is 7.98. The first-order valence-corrected chi connectivity index (χ1v) is 5.69. The standard InChI is InChI=1S/C9H11N3OS/c1-3-12-7(13)4-6-5-10-9(14-2)11-8(6)12/h5H,3-4H2,1-2H3. The van der Waals surface area contributed by atoms with Crippen molar-refractivity contribution in [3.63, 3.8) is 0 Å². The molecular weight excluding hydrogens is 198 g/mol. The Hall–Kier alpha value is -1.10. The van der Waals surface area contributed by atoms with E-state index in [1.54, 1.807) is 11.1 Å². The summed E-state index contributed by atoms with van der Waals surface area (Å²) < 4.78 is 0. The highest BCUT2D eigenvalue weighted by Crippen LogP contribution is 2.27. The number of anilines is 1. The van der Waals surface area contributed by atoms with Crippen LogP contribution in [0, 0.1) is 0 Å². The van der Waals surface area contributed by atoms with Crippen LogP contribution in [0.25, 0.3) is 0 Å². The molecule has 0 spiro atoms. The predicted molar refractivity (Wildman–Crippen MR) is 55.5 cm³/mol. The van der Waals surface area contributed by atoms with Gasteiger partial charge in [0.25, 0.3) is 0 Å². The van der Waals surface area contributed by atoms with Gasteiger partial charge in [-0.15, -0.1) is 0 Å². The smallest absolute Gasteiger partial charge is 0.232 e. The minimum Gasteiger partial charge on any atom is -0.296 e. The summed E-state index contributed by atoms with van der Waals surface area (Å²) >= 11 is 1.49. The van der Waals surface area contributed by atoms with Crippen molar-refractivity contribution < 1.29 is 4.79 Å². The Morgan fingerprint density at radius 2 is 2.43 bits per heavy atom. The number of amides is 1. The van der Waals surface area contributed by atoms with Crippen molar-refractivity contribution in [1.82, 2.24) is 9.97 Å². The molecule has 0 saturated heterocycles. The van der Waals surface area contributed by atoms with Gasteiger partial charge in [-0.1, -0.05) is 11.8 Å². The van der Waals surface area contributed by atoms with Crippen molar-refractivity contribution in [2.24, 2.45) is 0 Å². The maximum atomic E-state index is 11.5. The molecule has 1 aromatic rings. The van der Waals surface area contributed by atoms with Crippen LogP contribution in [0.1, 0.15) is 12.5 Å². The maximum Gasteiger partial charge on any atom is 0.232 e. The number of fused-ring (bicyclic) bond motifs is 1. The molecule has 0 aliphatic carbocycles. The minimum atomic E-state index is 0.120. The fourth-order valence-electron chi connectivity index (χ4n) is 1.54. The fraction of sp³-hybridized carbons (Fsp3) is 0.444. The zero-order valence-corrected chi connectivity index (χ0v) is 8.97. The zero-order valence-electron chi connectivity index (χ0n) is 8.15. The lowest BCUT2D eigenvalue weighted by Gasteiger charge is -2.13. The Morgan fingerprint density at radius 1 is 1.64 bits per heavy atom. The van der Waals surface area contributed by atoms with Crippen LogP contribution in [-0.4, -0.2) is 28.7 Å². The van der Waals surface area contributed by atoms with E-state index in [4.69, 9.17) is 0 Å². The number of thioether (sulfide) groups is 1. The van der Waals surface area contributed by atoms with Gasteiger partial charge in [0.2, 0.25) is 5.91 Å². The highest BCUT2D eigenvalue weighted by Gasteiger charge is 2.27. The van der Waals surface area contributed by atoms with Crippen LogP contribution in [0.5, 0.6) is 0 Å². The number of nitrogens with zero attached hydrogens (tertiary/aromatic N) is 3. The van der Waals surface area contributed by atoms with Gasteiger partial charge in [0.05, 0.1) is 6.42 Å². The van der Waals surface area contributed by atoms with Gasteiger partial charge in [-0.2, -0.15) is 0 Å². The first-order valence-electron chi connectivity index (χ1n) is 4.46. The Balaban J connectivity index is 2.44. The lowest BCUT2D eigenvalue weighted by Crippen LogP contribution is -2.26. The number of carbonyl (C=O) groups is 1. The molecule has 1 aliphatic heterocycles. The molecule has 1 amide bonds. The first-order chi connectivity index (χ1) is 6.76. The first kappa shape index (κ1) is 9.45. The fourth-order valence-corrected chi connectivity index (χ4v) is 1.88. The van der Waals surface area contributed by atoms with Gasteiger partial charge in [0, 0.05) is 18.3 Å². The molecule has 0 saturated carbocycles. The van der Waals surface area contributed by atoms with Gasteiger partial charge in [-0.05, 0) is 13.2 Å². The van der Waals surface area contributed by atoms with Gasteiger partial charge in [-0.25, -0.2) is 9.97 Å². The van der Waals surface area contributed by atoms with E-state index in [1.165, 1.54) is 11.8 Å². The summed E-state index contributed by atoms with van der Waals surface area (Å²) in [6.07, 6.45) is 4.12. The van der Waals surface area contributed by atoms with Gasteiger partial charge in [0.1, 0.15) is 5.82 Å². The van der Waals surface area contributed by atoms with Crippen LogP contribution >= 0.6 is 11.8 Å². The molecule has 0 N–H and O–H groups in total. The van der Waals surface area contributed by atoms with Crippen molar-refractivity contribution in [1.29, 1.82) is 0 Å². The van der Waals surface area contributed by atoms with E-state index in [9.17, 15) is 4.79 Å². The summed E-state index contributed by atoms with van der Waals surface area (Å²) in [6.45, 7) is 2.63. The van der Waals surface area contributed by atoms with Crippen LogP contribution in [-0.2, 0) is 11.2 Å². The van der Waals surface area contributed by atoms with Gasteiger partial charge < -0.3 is 0 Å². The molecule has 0 radical (unpaired) electrons. The molecule has 0 atom stereocenters. The van der Waals surface area contributed by atoms with Crippen molar-refractivity contribution in [3.8, 4) is 0 Å². The third-order valence-corrected chi connectivity index (χ3v) is 2.78. The van der Waals surface area contributed by atoms with Crippen molar-refractivity contribution in [2.45, 2.75) is 18.5 Å². The summed E-state index contributed by atoms with van der Waals surface area (Å²) in [4.78, 5) is 21.7. The van der Waals surface area contributed by atoms with Crippen LogP contribution < -0.4 is 4.90 Å². The summed E-state index contributed by atoms with van der Waals surface area (Å²) in [7, 11) is 0. The summed E-state index contributed by atoms with van der Waals surface area (Å²) in [5.74, 6) is 0.909. The number of hydrogen-bond donors (Lipinski definition) is 0. The molecule has 4 nitrogen and oxygen atoms in total. The third kappa shape index (κ3) is 1.37. The van der Waals surface area contributed by atoms with Gasteiger partial charge in [0.15, 0.2) is 5.16 Å². The monoisotopic (exact) mass is 209 g/mol. The molecule has 5 heteroatoms. The Bertz CT molecular complexity index is 380. The summed E-state index contributed by atoms with van der Waals surface area (Å²) in [5.41, 5.74) is 0.939. The largest absolute Gasteiger partial charge is 0.296 e. The number of rotatable bonds is 2. The molecule has 0 aromatic carbocycles. The molecule has 0 fully saturated rings. The van der Waals surface area contributed by atoms with E-state index in [0.29, 0.717) is 13.0 Å². The minimum absolute atomic E-state index is 0.120. The van der Waals surface area contributed by atoms with Crippen LogP contribution in [0.15, 0.2) is 11.4 Å². The van der Waals surface area contributed by atoms with E-state index in [2.05, 4.69) is 9.97 Å². The van der Waals surface area contributed by atoms with Gasteiger partial charge in [-0.3, -0.25) is 9.69 Å². The second-order valence-electron chi connectivity index (χ2n) is 3.02. The zero-order chi connectivity index (χ0) is 10.1. The average molecular weight is 209 g/mol. The van der Waals surface area contributed by atoms with E-state index in [1.807, 2.05) is 13.2 Å². The summed E-state index contributed by atoms with van der Waals surface area (Å²) in [6, 6.07) is 0. The molecular formula is C9H11N3OS. The quantitative estimate of drug-likeness (QED) is 0.540. The maximum absolute atomic E-state index is 11.5. The predicted octanol–water partition coefficient (Wildman–Crippen LogP) is 1.11. The van der Waals surface area contributed by atoms with Crippen LogP contribution in [0.3, 0.4) is 0 Å². The molecule has 2 heterocycles. The molecule has 1 aromatic heterocycles. The molecule has 0 bridgehead atoms. The average Bonchev–Trinajstić information content (AvgIpc) is 2.52. The SMILES string of the molecule is CCN1C(=O)Cc2cnc(SC)nc21. The number of aromatic nitrogens is 2. The van der Waals surface area contributed by atoms with Gasteiger partial charge >= 0.3 is 0 Å². The lowest BCUT2D eigenvalue weighted by atomic mass is 10.3. The van der Waals surface area contributed by atoms with Crippen molar-refractivity contribution in [3.05, 3.63) is 11.8 Å². The molecule has 1 aliphatic rings. The molecule has 74 valence electrons. The van der Waals surface area contributed by atoms with Crippen LogP contribution in [0.2, 0.25) is 0 Å². The number of carbonyl (C=O) groups excluding carboxylic acids is 1. The Labute approximate surface area is 86.7 Å². The van der Waals surface area contributed by atoms with E-state index < -0.39 is 0 Å². The van der Waals surface area contributed by atoms with E-state index in [0.717, 1.165) is 16.5 Å². The normalized spacial score (nSPS) is 14.7. The number of hydrogen-bond acceptors (Lipinski definition) is 4.